The summed E-state index contributed by atoms with van der Waals surface area (Å²) in [4.78, 5) is 0.179. The summed E-state index contributed by atoms with van der Waals surface area (Å²) in [6.07, 6.45) is 1.44. The van der Waals surface area contributed by atoms with E-state index >= 15 is 0 Å². The quantitative estimate of drug-likeness (QED) is 0.859. The van der Waals surface area contributed by atoms with E-state index < -0.39 is 16.1 Å². The number of hydrogen-bond acceptors (Lipinski definition) is 4. The third-order valence-corrected chi connectivity index (χ3v) is 4.67. The Morgan fingerprint density at radius 2 is 2.00 bits per heavy atom. The van der Waals surface area contributed by atoms with Gasteiger partial charge in [0.25, 0.3) is 0 Å². The minimum atomic E-state index is -3.72. The summed E-state index contributed by atoms with van der Waals surface area (Å²) in [5, 5.41) is 9.36. The van der Waals surface area contributed by atoms with Crippen LogP contribution in [0.1, 0.15) is 37.1 Å². The Kier molecular flexibility index (Phi) is 4.82. The Hall–Kier alpha value is -1.63. The maximum atomic E-state index is 12.4. The van der Waals surface area contributed by atoms with Crippen LogP contribution in [0.3, 0.4) is 0 Å². The van der Waals surface area contributed by atoms with E-state index in [2.05, 4.69) is 4.72 Å². The van der Waals surface area contributed by atoms with Gasteiger partial charge in [0.1, 0.15) is 11.8 Å². The number of furan rings is 1. The van der Waals surface area contributed by atoms with E-state index in [4.69, 9.17) is 4.42 Å². The molecule has 1 aromatic heterocycles. The summed E-state index contributed by atoms with van der Waals surface area (Å²) in [5.41, 5.74) is 0.941. The Balaban J connectivity index is 2.27. The molecule has 0 fully saturated rings. The topological polar surface area (TPSA) is 79.5 Å². The molecule has 0 aliphatic heterocycles. The highest BCUT2D eigenvalue weighted by Crippen LogP contribution is 2.21. The molecule has 0 saturated carbocycles. The molecule has 6 heteroatoms. The van der Waals surface area contributed by atoms with Crippen LogP contribution in [-0.4, -0.2) is 20.1 Å². The number of aliphatic hydroxyl groups is 1. The molecule has 114 valence electrons. The lowest BCUT2D eigenvalue weighted by molar-refractivity contribution is 0.242. The van der Waals surface area contributed by atoms with Gasteiger partial charge in [-0.05, 0) is 35.7 Å². The van der Waals surface area contributed by atoms with Crippen molar-refractivity contribution in [3.63, 3.8) is 0 Å². The van der Waals surface area contributed by atoms with E-state index in [1.54, 1.807) is 24.3 Å². The molecule has 0 amide bonds. The third-order valence-electron chi connectivity index (χ3n) is 3.20. The number of nitrogens with one attached hydrogen (secondary N) is 1. The molecule has 0 aliphatic carbocycles. The normalized spacial score (nSPS) is 13.5. The van der Waals surface area contributed by atoms with Gasteiger partial charge in [-0.25, -0.2) is 8.42 Å². The SMILES string of the molecule is CC(C)c1cccc(S(=O)(=O)NC(CO)c2ccco2)c1. The van der Waals surface area contributed by atoms with Crippen molar-refractivity contribution in [3.8, 4) is 0 Å². The van der Waals surface area contributed by atoms with Crippen LogP contribution in [-0.2, 0) is 10.0 Å². The van der Waals surface area contributed by atoms with Crippen LogP contribution in [0.2, 0.25) is 0 Å². The number of sulfonamides is 1. The molecule has 1 atom stereocenters. The second-order valence-corrected chi connectivity index (χ2v) is 6.81. The van der Waals surface area contributed by atoms with E-state index in [0.717, 1.165) is 5.56 Å². The van der Waals surface area contributed by atoms with Gasteiger partial charge in [-0.2, -0.15) is 4.72 Å². The summed E-state index contributed by atoms with van der Waals surface area (Å²) in [6, 6.07) is 9.24. The summed E-state index contributed by atoms with van der Waals surface area (Å²) in [5.74, 6) is 0.611. The zero-order valence-electron chi connectivity index (χ0n) is 12.0. The van der Waals surface area contributed by atoms with E-state index in [0.29, 0.717) is 5.76 Å². The molecular formula is C15H19NO4S. The van der Waals surface area contributed by atoms with Crippen LogP contribution >= 0.6 is 0 Å². The van der Waals surface area contributed by atoms with Crippen LogP contribution in [0, 0.1) is 0 Å². The maximum Gasteiger partial charge on any atom is 0.241 e. The molecule has 1 heterocycles. The van der Waals surface area contributed by atoms with Crippen molar-refractivity contribution in [1.82, 2.24) is 4.72 Å². The molecule has 0 radical (unpaired) electrons. The summed E-state index contributed by atoms with van der Waals surface area (Å²) in [6.45, 7) is 3.62. The highest BCUT2D eigenvalue weighted by Gasteiger charge is 2.23. The van der Waals surface area contributed by atoms with E-state index in [1.807, 2.05) is 19.9 Å². The predicted molar refractivity (Wildman–Crippen MR) is 79.4 cm³/mol. The predicted octanol–water partition coefficient (Wildman–Crippen LogP) is 2.41. The Morgan fingerprint density at radius 3 is 2.57 bits per heavy atom. The van der Waals surface area contributed by atoms with Gasteiger partial charge in [-0.3, -0.25) is 0 Å². The van der Waals surface area contributed by atoms with Gasteiger partial charge in [0, 0.05) is 0 Å². The molecular weight excluding hydrogens is 290 g/mol. The minimum absolute atomic E-state index is 0.179. The number of aliphatic hydroxyl groups excluding tert-OH is 1. The van der Waals surface area contributed by atoms with E-state index in [9.17, 15) is 13.5 Å². The molecule has 0 spiro atoms. The van der Waals surface area contributed by atoms with Gasteiger partial charge < -0.3 is 9.52 Å². The number of hydrogen-bond donors (Lipinski definition) is 2. The maximum absolute atomic E-state index is 12.4. The third kappa shape index (κ3) is 3.72. The minimum Gasteiger partial charge on any atom is -0.468 e. The second kappa shape index (κ2) is 6.43. The molecule has 5 nitrogen and oxygen atoms in total. The lowest BCUT2D eigenvalue weighted by atomic mass is 10.0. The first-order chi connectivity index (χ1) is 9.94. The molecule has 2 N–H and O–H groups in total. The van der Waals surface area contributed by atoms with Crippen molar-refractivity contribution in [2.45, 2.75) is 30.7 Å². The van der Waals surface area contributed by atoms with Gasteiger partial charge in [0.15, 0.2) is 0 Å². The van der Waals surface area contributed by atoms with E-state index in [1.165, 1.54) is 12.3 Å². The zero-order chi connectivity index (χ0) is 15.5. The van der Waals surface area contributed by atoms with Gasteiger partial charge in [0.05, 0.1) is 17.8 Å². The first kappa shape index (κ1) is 15.8. The Bertz CT molecular complexity index is 677. The smallest absolute Gasteiger partial charge is 0.241 e. The van der Waals surface area contributed by atoms with E-state index in [-0.39, 0.29) is 17.4 Å². The fraction of sp³-hybridized carbons (Fsp3) is 0.333. The fourth-order valence-corrected chi connectivity index (χ4v) is 3.22. The van der Waals surface area contributed by atoms with Crippen molar-refractivity contribution in [3.05, 3.63) is 54.0 Å². The van der Waals surface area contributed by atoms with Crippen molar-refractivity contribution in [2.75, 3.05) is 6.61 Å². The molecule has 21 heavy (non-hydrogen) atoms. The standard InChI is InChI=1S/C15H19NO4S/c1-11(2)12-5-3-6-13(9-12)21(18,19)16-14(10-17)15-7-4-8-20-15/h3-9,11,14,16-17H,10H2,1-2H3. The van der Waals surface area contributed by atoms with Crippen molar-refractivity contribution in [1.29, 1.82) is 0 Å². The second-order valence-electron chi connectivity index (χ2n) is 5.10. The largest absolute Gasteiger partial charge is 0.468 e. The average Bonchev–Trinajstić information content (AvgIpc) is 2.99. The van der Waals surface area contributed by atoms with Gasteiger partial charge in [0.2, 0.25) is 10.0 Å². The highest BCUT2D eigenvalue weighted by molar-refractivity contribution is 7.89. The fourth-order valence-electron chi connectivity index (χ4n) is 1.97. The lowest BCUT2D eigenvalue weighted by Crippen LogP contribution is -2.30. The molecule has 2 rings (SSSR count). The number of rotatable bonds is 6. The average molecular weight is 309 g/mol. The van der Waals surface area contributed by atoms with Crippen LogP contribution in [0.4, 0.5) is 0 Å². The lowest BCUT2D eigenvalue weighted by Gasteiger charge is -2.15. The first-order valence-corrected chi connectivity index (χ1v) is 8.19. The Morgan fingerprint density at radius 1 is 1.24 bits per heavy atom. The van der Waals surface area contributed by atoms with Gasteiger partial charge in [-0.1, -0.05) is 26.0 Å². The summed E-state index contributed by atoms with van der Waals surface area (Å²) < 4.78 is 32.4. The van der Waals surface area contributed by atoms with Gasteiger partial charge in [-0.15, -0.1) is 0 Å². The van der Waals surface area contributed by atoms with Crippen molar-refractivity contribution < 1.29 is 17.9 Å². The first-order valence-electron chi connectivity index (χ1n) is 6.70. The van der Waals surface area contributed by atoms with Crippen molar-refractivity contribution in [2.24, 2.45) is 0 Å². The highest BCUT2D eigenvalue weighted by atomic mass is 32.2. The van der Waals surface area contributed by atoms with Crippen molar-refractivity contribution >= 4 is 10.0 Å². The van der Waals surface area contributed by atoms with Gasteiger partial charge >= 0.3 is 0 Å². The van der Waals surface area contributed by atoms with Crippen LogP contribution < -0.4 is 4.72 Å². The summed E-state index contributed by atoms with van der Waals surface area (Å²) in [7, 11) is -3.72. The monoisotopic (exact) mass is 309 g/mol. The molecule has 0 aliphatic rings. The van der Waals surface area contributed by atoms with Crippen LogP contribution in [0.5, 0.6) is 0 Å². The summed E-state index contributed by atoms with van der Waals surface area (Å²) >= 11 is 0. The molecule has 1 unspecified atom stereocenters. The van der Waals surface area contributed by atoms with Crippen LogP contribution in [0.25, 0.3) is 0 Å². The molecule has 0 bridgehead atoms. The molecule has 2 aromatic rings. The molecule has 1 aromatic carbocycles. The van der Waals surface area contributed by atoms with Crippen LogP contribution in [0.15, 0.2) is 52.0 Å². The number of benzene rings is 1. The molecule has 0 saturated heterocycles. The zero-order valence-corrected chi connectivity index (χ0v) is 12.8. The Labute approximate surface area is 124 Å².